The molecule has 192 valence electrons. The van der Waals surface area contributed by atoms with E-state index in [9.17, 15) is 4.79 Å². The van der Waals surface area contributed by atoms with Crippen LogP contribution in [-0.2, 0) is 16.1 Å². The molecule has 0 N–H and O–H groups in total. The molecule has 9 heteroatoms. The molecule has 1 saturated heterocycles. The van der Waals surface area contributed by atoms with Crippen molar-refractivity contribution >= 4 is 6.09 Å². The summed E-state index contributed by atoms with van der Waals surface area (Å²) in [4.78, 5) is 14.9. The van der Waals surface area contributed by atoms with Gasteiger partial charge in [0.15, 0.2) is 23.0 Å². The minimum Gasteiger partial charge on any atom is -0.493 e. The number of rotatable bonds is 7. The van der Waals surface area contributed by atoms with Crippen molar-refractivity contribution in [2.45, 2.75) is 24.8 Å². The second-order valence-corrected chi connectivity index (χ2v) is 8.96. The highest BCUT2D eigenvalue weighted by atomic mass is 16.7. The average Bonchev–Trinajstić information content (AvgIpc) is 3.56. The van der Waals surface area contributed by atoms with E-state index in [1.54, 1.807) is 26.2 Å². The summed E-state index contributed by atoms with van der Waals surface area (Å²) in [6.45, 7) is 0.720. The average molecular weight is 506 g/mol. The second kappa shape index (κ2) is 9.40. The number of carbonyl (C=O) groups is 1. The van der Waals surface area contributed by atoms with Crippen LogP contribution in [-0.4, -0.2) is 51.8 Å². The SMILES string of the molecule is COc1cc([C@@H]2c3cc4c(cc3[C@H](OCc3ccccc3)[C@H]3COC(=O)N23)OCO4)cc(OC)c1OC. The van der Waals surface area contributed by atoms with Gasteiger partial charge in [-0.2, -0.15) is 0 Å². The Morgan fingerprint density at radius 1 is 0.865 bits per heavy atom. The molecule has 0 aromatic heterocycles. The van der Waals surface area contributed by atoms with Gasteiger partial charge in [0.2, 0.25) is 12.5 Å². The first-order valence-corrected chi connectivity index (χ1v) is 12.0. The Hall–Kier alpha value is -4.11. The molecule has 6 rings (SSSR count). The van der Waals surface area contributed by atoms with Crippen LogP contribution in [0.2, 0.25) is 0 Å². The molecule has 9 nitrogen and oxygen atoms in total. The van der Waals surface area contributed by atoms with Gasteiger partial charge >= 0.3 is 6.09 Å². The molecular formula is C28H27NO8. The Labute approximate surface area is 214 Å². The smallest absolute Gasteiger partial charge is 0.411 e. The van der Waals surface area contributed by atoms with Crippen LogP contribution in [0, 0.1) is 0 Å². The number of fused-ring (bicyclic) bond motifs is 3. The third kappa shape index (κ3) is 3.86. The van der Waals surface area contributed by atoms with E-state index in [4.69, 9.17) is 33.2 Å². The Morgan fingerprint density at radius 3 is 2.19 bits per heavy atom. The van der Waals surface area contributed by atoms with Crippen molar-refractivity contribution in [3.8, 4) is 28.7 Å². The zero-order valence-corrected chi connectivity index (χ0v) is 20.8. The van der Waals surface area contributed by atoms with E-state index in [2.05, 4.69) is 0 Å². The van der Waals surface area contributed by atoms with Crippen LogP contribution in [0.15, 0.2) is 54.6 Å². The van der Waals surface area contributed by atoms with E-state index in [1.807, 2.05) is 54.6 Å². The number of amides is 1. The van der Waals surface area contributed by atoms with Gasteiger partial charge in [0.05, 0.1) is 34.0 Å². The summed E-state index contributed by atoms with van der Waals surface area (Å²) in [5.41, 5.74) is 3.58. The van der Waals surface area contributed by atoms with Crippen molar-refractivity contribution in [3.63, 3.8) is 0 Å². The fourth-order valence-corrected chi connectivity index (χ4v) is 5.35. The summed E-state index contributed by atoms with van der Waals surface area (Å²) >= 11 is 0. The van der Waals surface area contributed by atoms with Crippen LogP contribution in [0.25, 0.3) is 0 Å². The van der Waals surface area contributed by atoms with Crippen LogP contribution in [0.1, 0.15) is 34.4 Å². The zero-order valence-electron chi connectivity index (χ0n) is 20.8. The minimum atomic E-state index is -0.505. The summed E-state index contributed by atoms with van der Waals surface area (Å²) in [7, 11) is 4.68. The van der Waals surface area contributed by atoms with Gasteiger partial charge < -0.3 is 33.2 Å². The first kappa shape index (κ1) is 23.3. The molecule has 0 radical (unpaired) electrons. The lowest BCUT2D eigenvalue weighted by atomic mass is 9.83. The molecule has 37 heavy (non-hydrogen) atoms. The fourth-order valence-electron chi connectivity index (χ4n) is 5.35. The Morgan fingerprint density at radius 2 is 1.54 bits per heavy atom. The zero-order chi connectivity index (χ0) is 25.5. The molecule has 0 aliphatic carbocycles. The lowest BCUT2D eigenvalue weighted by Gasteiger charge is -2.42. The van der Waals surface area contributed by atoms with Crippen molar-refractivity contribution < 1.29 is 38.0 Å². The highest BCUT2D eigenvalue weighted by Gasteiger charge is 2.50. The van der Waals surface area contributed by atoms with Crippen molar-refractivity contribution in [1.29, 1.82) is 0 Å². The van der Waals surface area contributed by atoms with Crippen LogP contribution in [0.4, 0.5) is 4.79 Å². The molecule has 3 atom stereocenters. The van der Waals surface area contributed by atoms with E-state index in [0.717, 1.165) is 22.3 Å². The fraction of sp³-hybridized carbons (Fsp3) is 0.321. The molecule has 0 spiro atoms. The lowest BCUT2D eigenvalue weighted by molar-refractivity contribution is -0.0217. The topological polar surface area (TPSA) is 84.9 Å². The van der Waals surface area contributed by atoms with Gasteiger partial charge in [-0.3, -0.25) is 4.90 Å². The largest absolute Gasteiger partial charge is 0.493 e. The van der Waals surface area contributed by atoms with Crippen molar-refractivity contribution in [2.24, 2.45) is 0 Å². The summed E-state index contributed by atoms with van der Waals surface area (Å²) in [6, 6.07) is 16.7. The van der Waals surface area contributed by atoms with Gasteiger partial charge in [0, 0.05) is 0 Å². The number of cyclic esters (lactones) is 1. The Bertz CT molecular complexity index is 1300. The normalized spacial score (nSPS) is 21.2. The molecule has 1 fully saturated rings. The predicted molar refractivity (Wildman–Crippen MR) is 131 cm³/mol. The molecule has 3 aliphatic rings. The number of ether oxygens (including phenoxy) is 7. The molecule has 0 unspecified atom stereocenters. The number of carbonyl (C=O) groups excluding carboxylic acids is 1. The van der Waals surface area contributed by atoms with Gasteiger partial charge in [-0.15, -0.1) is 0 Å². The Kier molecular flexibility index (Phi) is 5.92. The molecular weight excluding hydrogens is 478 g/mol. The monoisotopic (exact) mass is 505 g/mol. The summed E-state index contributed by atoms with van der Waals surface area (Å²) in [6.07, 6.45) is -0.852. The predicted octanol–water partition coefficient (Wildman–Crippen LogP) is 4.62. The maximum absolute atomic E-state index is 13.2. The van der Waals surface area contributed by atoms with Crippen molar-refractivity contribution in [2.75, 3.05) is 34.7 Å². The quantitative estimate of drug-likeness (QED) is 0.460. The third-order valence-corrected chi connectivity index (χ3v) is 7.03. The maximum Gasteiger partial charge on any atom is 0.411 e. The third-order valence-electron chi connectivity index (χ3n) is 7.03. The van der Waals surface area contributed by atoms with Gasteiger partial charge in [-0.25, -0.2) is 4.79 Å². The molecule has 0 bridgehead atoms. The van der Waals surface area contributed by atoms with Crippen LogP contribution in [0.5, 0.6) is 28.7 Å². The molecule has 1 amide bonds. The summed E-state index contributed by atoms with van der Waals surface area (Å²) in [5, 5.41) is 0. The van der Waals surface area contributed by atoms with E-state index >= 15 is 0 Å². The molecule has 0 saturated carbocycles. The summed E-state index contributed by atoms with van der Waals surface area (Å²) in [5.74, 6) is 2.72. The first-order chi connectivity index (χ1) is 18.1. The molecule has 3 aromatic rings. The second-order valence-electron chi connectivity index (χ2n) is 8.96. The molecule has 3 aliphatic heterocycles. The van der Waals surface area contributed by atoms with E-state index < -0.39 is 18.2 Å². The number of nitrogens with zero attached hydrogens (tertiary/aromatic N) is 1. The first-order valence-electron chi connectivity index (χ1n) is 12.0. The van der Waals surface area contributed by atoms with Crippen LogP contribution in [0.3, 0.4) is 0 Å². The van der Waals surface area contributed by atoms with Crippen LogP contribution < -0.4 is 23.7 Å². The highest BCUT2D eigenvalue weighted by molar-refractivity contribution is 5.74. The van der Waals surface area contributed by atoms with Crippen molar-refractivity contribution in [1.82, 2.24) is 4.90 Å². The number of hydrogen-bond acceptors (Lipinski definition) is 8. The lowest BCUT2D eigenvalue weighted by Crippen LogP contribution is -2.46. The number of methoxy groups -OCH3 is 3. The standard InChI is InChI=1S/C28H27NO8/c1-31-23-9-17(10-24(32-2)27(23)33-3)25-18-11-21-22(37-15-36-21)12-19(18)26(20-14-35-28(30)29(20)25)34-13-16-7-5-4-6-8-16/h4-12,20,25-26H,13-15H2,1-3H3/t20-,25-,26+/m1/s1. The van der Waals surface area contributed by atoms with Gasteiger partial charge in [0.1, 0.15) is 18.8 Å². The van der Waals surface area contributed by atoms with Crippen molar-refractivity contribution in [3.05, 3.63) is 76.9 Å². The van der Waals surface area contributed by atoms with E-state index in [-0.39, 0.29) is 19.4 Å². The minimum absolute atomic E-state index is 0.137. The van der Waals surface area contributed by atoms with Gasteiger partial charge in [-0.05, 0) is 46.5 Å². The van der Waals surface area contributed by atoms with E-state index in [0.29, 0.717) is 35.4 Å². The number of benzene rings is 3. The highest BCUT2D eigenvalue weighted by Crippen LogP contribution is 2.52. The number of hydrogen-bond donors (Lipinski definition) is 0. The maximum atomic E-state index is 13.2. The molecule has 3 aromatic carbocycles. The molecule has 3 heterocycles. The van der Waals surface area contributed by atoms with Crippen LogP contribution >= 0.6 is 0 Å². The van der Waals surface area contributed by atoms with Gasteiger partial charge in [-0.1, -0.05) is 30.3 Å². The Balaban J connectivity index is 1.50. The van der Waals surface area contributed by atoms with E-state index in [1.165, 1.54) is 0 Å². The van der Waals surface area contributed by atoms with Gasteiger partial charge in [0.25, 0.3) is 0 Å². The summed E-state index contributed by atoms with van der Waals surface area (Å²) < 4.78 is 40.2.